The third-order valence-corrected chi connectivity index (χ3v) is 5.55. The number of aliphatic hydroxyl groups is 1. The number of aryl methyl sites for hydroxylation is 1. The molecule has 0 aliphatic heterocycles. The van der Waals surface area contributed by atoms with E-state index in [-0.39, 0.29) is 12.5 Å². The predicted octanol–water partition coefficient (Wildman–Crippen LogP) is 3.98. The molecule has 126 valence electrons. The van der Waals surface area contributed by atoms with Gasteiger partial charge < -0.3 is 10.4 Å². The van der Waals surface area contributed by atoms with Crippen LogP contribution in [0, 0.1) is 0 Å². The van der Waals surface area contributed by atoms with Gasteiger partial charge in [0.2, 0.25) is 0 Å². The zero-order chi connectivity index (χ0) is 17.3. The van der Waals surface area contributed by atoms with Gasteiger partial charge in [0, 0.05) is 5.56 Å². The van der Waals surface area contributed by atoms with Crippen LogP contribution in [0.4, 0.5) is 0 Å². The fourth-order valence-electron chi connectivity index (χ4n) is 3.42. The molecule has 0 radical (unpaired) electrons. The van der Waals surface area contributed by atoms with Gasteiger partial charge in [-0.3, -0.25) is 4.79 Å². The minimum absolute atomic E-state index is 0.158. The van der Waals surface area contributed by atoms with Crippen molar-refractivity contribution >= 4 is 17.2 Å². The summed E-state index contributed by atoms with van der Waals surface area (Å²) < 4.78 is 0. The van der Waals surface area contributed by atoms with Crippen molar-refractivity contribution in [3.05, 3.63) is 82.0 Å². The maximum Gasteiger partial charge on any atom is 0.251 e. The van der Waals surface area contributed by atoms with Gasteiger partial charge in [-0.15, -0.1) is 0 Å². The normalized spacial score (nSPS) is 18.8. The molecule has 1 unspecified atom stereocenters. The van der Waals surface area contributed by atoms with Crippen molar-refractivity contribution in [3.8, 4) is 11.1 Å². The lowest BCUT2D eigenvalue weighted by Crippen LogP contribution is -2.39. The highest BCUT2D eigenvalue weighted by atomic mass is 32.1. The molecule has 0 fully saturated rings. The van der Waals surface area contributed by atoms with E-state index in [1.165, 1.54) is 5.56 Å². The zero-order valence-electron chi connectivity index (χ0n) is 13.7. The van der Waals surface area contributed by atoms with Crippen molar-refractivity contribution in [2.45, 2.75) is 18.4 Å². The predicted molar refractivity (Wildman–Crippen MR) is 101 cm³/mol. The summed E-state index contributed by atoms with van der Waals surface area (Å²) in [6.45, 7) is 0.231. The Morgan fingerprint density at radius 1 is 1.08 bits per heavy atom. The first kappa shape index (κ1) is 16.1. The summed E-state index contributed by atoms with van der Waals surface area (Å²) in [5.41, 5.74) is 3.99. The standard InChI is InChI=1S/C21H19NO2S/c23-20(17-7-5-15(6-8-17)18-10-12-25-13-18)22-14-21(24)11-9-16-3-1-2-4-19(16)21/h1-8,10,12-13,24H,9,11,14H2,(H,22,23). The Kier molecular flexibility index (Phi) is 4.15. The van der Waals surface area contributed by atoms with E-state index in [0.717, 1.165) is 23.1 Å². The first-order valence-corrected chi connectivity index (χ1v) is 9.32. The Hall–Kier alpha value is -2.43. The Morgan fingerprint density at radius 2 is 1.88 bits per heavy atom. The molecule has 4 heteroatoms. The summed E-state index contributed by atoms with van der Waals surface area (Å²) in [4.78, 5) is 12.4. The Labute approximate surface area is 151 Å². The van der Waals surface area contributed by atoms with Gasteiger partial charge in [-0.05, 0) is 64.1 Å². The SMILES string of the molecule is O=C(NCC1(O)CCc2ccccc21)c1ccc(-c2ccsc2)cc1. The smallest absolute Gasteiger partial charge is 0.251 e. The van der Waals surface area contributed by atoms with Crippen molar-refractivity contribution in [3.63, 3.8) is 0 Å². The Bertz CT molecular complexity index is 887. The Morgan fingerprint density at radius 3 is 2.64 bits per heavy atom. The molecule has 1 atom stereocenters. The molecule has 2 N–H and O–H groups in total. The van der Waals surface area contributed by atoms with E-state index in [4.69, 9.17) is 0 Å². The van der Waals surface area contributed by atoms with Crippen LogP contribution in [0.5, 0.6) is 0 Å². The van der Waals surface area contributed by atoms with E-state index in [2.05, 4.69) is 16.8 Å². The van der Waals surface area contributed by atoms with Crippen molar-refractivity contribution < 1.29 is 9.90 Å². The van der Waals surface area contributed by atoms with E-state index in [0.29, 0.717) is 12.0 Å². The van der Waals surface area contributed by atoms with Crippen LogP contribution >= 0.6 is 11.3 Å². The van der Waals surface area contributed by atoms with Crippen LogP contribution < -0.4 is 5.32 Å². The monoisotopic (exact) mass is 349 g/mol. The summed E-state index contributed by atoms with van der Waals surface area (Å²) in [5, 5.41) is 17.9. The molecule has 0 bridgehead atoms. The number of carbonyl (C=O) groups excluding carboxylic acids is 1. The zero-order valence-corrected chi connectivity index (χ0v) is 14.6. The topological polar surface area (TPSA) is 49.3 Å². The number of hydrogen-bond acceptors (Lipinski definition) is 3. The molecule has 4 rings (SSSR count). The molecule has 0 spiro atoms. The fraction of sp³-hybridized carbons (Fsp3) is 0.190. The number of hydrogen-bond donors (Lipinski definition) is 2. The van der Waals surface area contributed by atoms with E-state index < -0.39 is 5.60 Å². The molecule has 2 aromatic carbocycles. The molecule has 1 aromatic heterocycles. The minimum Gasteiger partial charge on any atom is -0.383 e. The van der Waals surface area contributed by atoms with Crippen LogP contribution in [0.1, 0.15) is 27.9 Å². The van der Waals surface area contributed by atoms with Crippen molar-refractivity contribution in [2.24, 2.45) is 0 Å². The first-order valence-electron chi connectivity index (χ1n) is 8.37. The molecule has 25 heavy (non-hydrogen) atoms. The molecular formula is C21H19NO2S. The van der Waals surface area contributed by atoms with Crippen LogP contribution in [0.15, 0.2) is 65.4 Å². The quantitative estimate of drug-likeness (QED) is 0.748. The van der Waals surface area contributed by atoms with E-state index in [1.54, 1.807) is 11.3 Å². The van der Waals surface area contributed by atoms with Crippen LogP contribution in [0.3, 0.4) is 0 Å². The molecule has 3 aromatic rings. The summed E-state index contributed by atoms with van der Waals surface area (Å²) in [5.74, 6) is -0.158. The van der Waals surface area contributed by atoms with Gasteiger partial charge in [0.05, 0.1) is 6.54 Å². The number of benzene rings is 2. The van der Waals surface area contributed by atoms with Crippen LogP contribution in [-0.4, -0.2) is 17.6 Å². The van der Waals surface area contributed by atoms with Gasteiger partial charge in [0.1, 0.15) is 5.60 Å². The molecule has 0 saturated heterocycles. The summed E-state index contributed by atoms with van der Waals surface area (Å²) >= 11 is 1.65. The van der Waals surface area contributed by atoms with Gasteiger partial charge in [-0.1, -0.05) is 36.4 Å². The molecule has 0 saturated carbocycles. The van der Waals surface area contributed by atoms with E-state index in [1.807, 2.05) is 53.9 Å². The molecular weight excluding hydrogens is 330 g/mol. The molecule has 1 aliphatic rings. The third kappa shape index (κ3) is 3.11. The second kappa shape index (κ2) is 6.47. The van der Waals surface area contributed by atoms with Crippen molar-refractivity contribution in [1.29, 1.82) is 0 Å². The minimum atomic E-state index is -0.969. The van der Waals surface area contributed by atoms with Gasteiger partial charge in [-0.25, -0.2) is 0 Å². The second-order valence-electron chi connectivity index (χ2n) is 6.46. The summed E-state index contributed by atoms with van der Waals surface area (Å²) in [7, 11) is 0. The van der Waals surface area contributed by atoms with E-state index >= 15 is 0 Å². The van der Waals surface area contributed by atoms with Gasteiger partial charge in [-0.2, -0.15) is 11.3 Å². The van der Waals surface area contributed by atoms with Gasteiger partial charge >= 0.3 is 0 Å². The lowest BCUT2D eigenvalue weighted by molar-refractivity contribution is 0.0369. The van der Waals surface area contributed by atoms with Crippen LogP contribution in [0.2, 0.25) is 0 Å². The highest BCUT2D eigenvalue weighted by molar-refractivity contribution is 7.08. The average Bonchev–Trinajstić information content (AvgIpc) is 3.30. The Balaban J connectivity index is 1.44. The maximum atomic E-state index is 12.4. The fourth-order valence-corrected chi connectivity index (χ4v) is 4.09. The summed E-state index contributed by atoms with van der Waals surface area (Å²) in [6, 6.07) is 17.5. The molecule has 1 heterocycles. The van der Waals surface area contributed by atoms with E-state index in [9.17, 15) is 9.90 Å². The first-order chi connectivity index (χ1) is 12.2. The number of amides is 1. The average molecular weight is 349 g/mol. The van der Waals surface area contributed by atoms with Crippen LogP contribution in [-0.2, 0) is 12.0 Å². The lowest BCUT2D eigenvalue weighted by atomic mass is 9.96. The molecule has 1 amide bonds. The summed E-state index contributed by atoms with van der Waals surface area (Å²) in [6.07, 6.45) is 1.49. The highest BCUT2D eigenvalue weighted by Crippen LogP contribution is 2.36. The largest absolute Gasteiger partial charge is 0.383 e. The number of carbonyl (C=O) groups is 1. The number of fused-ring (bicyclic) bond motifs is 1. The number of rotatable bonds is 4. The van der Waals surface area contributed by atoms with Crippen LogP contribution in [0.25, 0.3) is 11.1 Å². The maximum absolute atomic E-state index is 12.4. The van der Waals surface area contributed by atoms with Gasteiger partial charge in [0.15, 0.2) is 0 Å². The number of nitrogens with one attached hydrogen (secondary N) is 1. The third-order valence-electron chi connectivity index (χ3n) is 4.87. The number of thiophene rings is 1. The lowest BCUT2D eigenvalue weighted by Gasteiger charge is -2.24. The van der Waals surface area contributed by atoms with Gasteiger partial charge in [0.25, 0.3) is 5.91 Å². The molecule has 3 nitrogen and oxygen atoms in total. The second-order valence-corrected chi connectivity index (χ2v) is 7.24. The highest BCUT2D eigenvalue weighted by Gasteiger charge is 2.36. The molecule has 1 aliphatic carbocycles. The van der Waals surface area contributed by atoms with Crippen molar-refractivity contribution in [1.82, 2.24) is 5.32 Å². The van der Waals surface area contributed by atoms with Crippen molar-refractivity contribution in [2.75, 3.05) is 6.54 Å².